The summed E-state index contributed by atoms with van der Waals surface area (Å²) in [6.07, 6.45) is 1.54. The van der Waals surface area contributed by atoms with Crippen molar-refractivity contribution in [1.82, 2.24) is 9.13 Å². The highest BCUT2D eigenvalue weighted by Crippen LogP contribution is 2.22. The quantitative estimate of drug-likeness (QED) is 0.869. The van der Waals surface area contributed by atoms with E-state index in [-0.39, 0.29) is 17.2 Å². The van der Waals surface area contributed by atoms with Gasteiger partial charge in [-0.3, -0.25) is 13.9 Å². The second-order valence-corrected chi connectivity index (χ2v) is 5.83. The second kappa shape index (κ2) is 4.79. The number of hydrogen-bond acceptors (Lipinski definition) is 3. The first-order valence-electron chi connectivity index (χ1n) is 6.76. The highest BCUT2D eigenvalue weighted by atomic mass is 16.2. The van der Waals surface area contributed by atoms with Gasteiger partial charge in [-0.2, -0.15) is 0 Å². The van der Waals surface area contributed by atoms with Crippen molar-refractivity contribution in [3.05, 3.63) is 32.1 Å². The Hall–Kier alpha value is -1.65. The van der Waals surface area contributed by atoms with Crippen molar-refractivity contribution in [3.63, 3.8) is 0 Å². The summed E-state index contributed by atoms with van der Waals surface area (Å²) < 4.78 is 2.82. The largest absolute Gasteiger partial charge is 0.330 e. The summed E-state index contributed by atoms with van der Waals surface area (Å²) in [5.74, 6) is 0.415. The third-order valence-electron chi connectivity index (χ3n) is 3.77. The Morgan fingerprint density at radius 2 is 2.00 bits per heavy atom. The van der Waals surface area contributed by atoms with E-state index in [0.717, 1.165) is 16.7 Å². The predicted octanol–water partition coefficient (Wildman–Crippen LogP) is 1.15. The van der Waals surface area contributed by atoms with Crippen molar-refractivity contribution in [2.75, 3.05) is 0 Å². The minimum atomic E-state index is -0.323. The van der Waals surface area contributed by atoms with Gasteiger partial charge >= 0.3 is 5.69 Å². The van der Waals surface area contributed by atoms with Crippen molar-refractivity contribution in [1.29, 1.82) is 5.41 Å². The fraction of sp³-hybridized carbons (Fsp3) is 0.643. The minimum absolute atomic E-state index is 0.0882. The highest BCUT2D eigenvalue weighted by molar-refractivity contribution is 6.01. The van der Waals surface area contributed by atoms with Crippen LogP contribution in [0.5, 0.6) is 0 Å². The Bertz CT molecular complexity index is 637. The van der Waals surface area contributed by atoms with Gasteiger partial charge in [0.25, 0.3) is 5.56 Å². The molecule has 104 valence electrons. The fourth-order valence-corrected chi connectivity index (χ4v) is 2.64. The molecule has 1 N–H and O–H groups in total. The molecule has 0 saturated heterocycles. The van der Waals surface area contributed by atoms with E-state index in [0.29, 0.717) is 30.2 Å². The number of nitrogens with zero attached hydrogens (tertiary/aromatic N) is 2. The van der Waals surface area contributed by atoms with E-state index >= 15 is 0 Å². The minimum Gasteiger partial charge on any atom is -0.304 e. The lowest BCUT2D eigenvalue weighted by molar-refractivity contribution is 0.459. The molecule has 1 aliphatic carbocycles. The summed E-state index contributed by atoms with van der Waals surface area (Å²) in [5, 5.41) is 8.13. The third kappa shape index (κ3) is 2.17. The molecule has 1 unspecified atom stereocenters. The molecule has 0 aliphatic heterocycles. The zero-order valence-corrected chi connectivity index (χ0v) is 12.0. The van der Waals surface area contributed by atoms with Gasteiger partial charge in [0.15, 0.2) is 0 Å². The molecular formula is C14H21N3O2. The van der Waals surface area contributed by atoms with Crippen LogP contribution in [0, 0.1) is 17.2 Å². The molecule has 1 aromatic heterocycles. The van der Waals surface area contributed by atoms with Crippen molar-refractivity contribution in [2.45, 2.75) is 40.2 Å². The summed E-state index contributed by atoms with van der Waals surface area (Å²) in [4.78, 5) is 24.5. The highest BCUT2D eigenvalue weighted by Gasteiger charge is 2.28. The first-order chi connectivity index (χ1) is 8.84. The molecule has 2 rings (SSSR count). The summed E-state index contributed by atoms with van der Waals surface area (Å²) in [6.45, 7) is 6.64. The van der Waals surface area contributed by atoms with Crippen LogP contribution in [0.25, 0.3) is 0 Å². The van der Waals surface area contributed by atoms with Gasteiger partial charge in [0.1, 0.15) is 0 Å². The molecule has 1 aliphatic rings. The van der Waals surface area contributed by atoms with Gasteiger partial charge in [-0.05, 0) is 24.7 Å². The predicted molar refractivity (Wildman–Crippen MR) is 75.1 cm³/mol. The van der Waals surface area contributed by atoms with Crippen molar-refractivity contribution in [3.8, 4) is 0 Å². The van der Waals surface area contributed by atoms with E-state index in [1.54, 1.807) is 4.57 Å². The van der Waals surface area contributed by atoms with Crippen LogP contribution in [0.15, 0.2) is 9.59 Å². The molecule has 0 spiro atoms. The number of nitrogens with one attached hydrogen (secondary N) is 1. The standard InChI is InChI=1S/C14H21N3O2/c1-8(2)7-17-10-6-5-9(3)12(15)11(10)13(18)16(4)14(17)19/h8-9,15H,5-7H2,1-4H3. The van der Waals surface area contributed by atoms with Gasteiger partial charge in [-0.25, -0.2) is 4.79 Å². The molecule has 1 heterocycles. The number of aromatic nitrogens is 2. The normalized spacial score (nSPS) is 18.8. The Morgan fingerprint density at radius 3 is 2.58 bits per heavy atom. The molecule has 0 radical (unpaired) electrons. The van der Waals surface area contributed by atoms with E-state index in [4.69, 9.17) is 5.41 Å². The summed E-state index contributed by atoms with van der Waals surface area (Å²) in [5.41, 5.74) is 0.988. The van der Waals surface area contributed by atoms with Crippen LogP contribution in [0.4, 0.5) is 0 Å². The lowest BCUT2D eigenvalue weighted by atomic mass is 9.86. The number of hydrogen-bond donors (Lipinski definition) is 1. The first kappa shape index (κ1) is 13.8. The fourth-order valence-electron chi connectivity index (χ4n) is 2.64. The van der Waals surface area contributed by atoms with Crippen LogP contribution in [0.3, 0.4) is 0 Å². The maximum atomic E-state index is 12.2. The molecule has 0 aromatic carbocycles. The van der Waals surface area contributed by atoms with E-state index in [9.17, 15) is 9.59 Å². The maximum Gasteiger partial charge on any atom is 0.330 e. The average molecular weight is 263 g/mol. The van der Waals surface area contributed by atoms with Gasteiger partial charge in [-0.15, -0.1) is 0 Å². The molecule has 0 saturated carbocycles. The van der Waals surface area contributed by atoms with E-state index in [2.05, 4.69) is 0 Å². The lowest BCUT2D eigenvalue weighted by Crippen LogP contribution is -2.46. The van der Waals surface area contributed by atoms with Crippen LogP contribution in [-0.4, -0.2) is 14.8 Å². The molecule has 1 atom stereocenters. The zero-order chi connectivity index (χ0) is 14.3. The van der Waals surface area contributed by atoms with Gasteiger partial charge in [0, 0.05) is 25.0 Å². The van der Waals surface area contributed by atoms with E-state index in [1.165, 1.54) is 7.05 Å². The van der Waals surface area contributed by atoms with Gasteiger partial charge < -0.3 is 5.41 Å². The molecular weight excluding hydrogens is 242 g/mol. The monoisotopic (exact) mass is 263 g/mol. The van der Waals surface area contributed by atoms with E-state index in [1.807, 2.05) is 20.8 Å². The third-order valence-corrected chi connectivity index (χ3v) is 3.77. The SMILES string of the molecule is CC(C)Cn1c2c(c(=O)n(C)c1=O)C(=N)C(C)CC2. The smallest absolute Gasteiger partial charge is 0.304 e. The van der Waals surface area contributed by atoms with Crippen molar-refractivity contribution >= 4 is 5.71 Å². The van der Waals surface area contributed by atoms with Gasteiger partial charge in [0.05, 0.1) is 5.56 Å². The Balaban J connectivity index is 2.77. The summed E-state index contributed by atoms with van der Waals surface area (Å²) >= 11 is 0. The molecule has 0 fully saturated rings. The van der Waals surface area contributed by atoms with Gasteiger partial charge in [0.2, 0.25) is 0 Å². The van der Waals surface area contributed by atoms with Crippen LogP contribution >= 0.6 is 0 Å². The van der Waals surface area contributed by atoms with Gasteiger partial charge in [-0.1, -0.05) is 20.8 Å². The zero-order valence-electron chi connectivity index (χ0n) is 12.0. The second-order valence-electron chi connectivity index (χ2n) is 5.83. The summed E-state index contributed by atoms with van der Waals surface area (Å²) in [6, 6.07) is 0. The van der Waals surface area contributed by atoms with Crippen LogP contribution in [-0.2, 0) is 20.0 Å². The molecule has 1 aromatic rings. The number of rotatable bonds is 2. The summed E-state index contributed by atoms with van der Waals surface area (Å²) in [7, 11) is 1.49. The molecule has 5 heteroatoms. The lowest BCUT2D eigenvalue weighted by Gasteiger charge is -2.26. The maximum absolute atomic E-state index is 12.2. The Morgan fingerprint density at radius 1 is 1.37 bits per heavy atom. The molecule has 19 heavy (non-hydrogen) atoms. The molecule has 5 nitrogen and oxygen atoms in total. The number of fused-ring (bicyclic) bond motifs is 1. The topological polar surface area (TPSA) is 67.8 Å². The first-order valence-corrected chi connectivity index (χ1v) is 6.76. The van der Waals surface area contributed by atoms with Crippen molar-refractivity contribution < 1.29 is 0 Å². The Labute approximate surface area is 112 Å². The molecule has 0 amide bonds. The average Bonchev–Trinajstić information content (AvgIpc) is 2.35. The van der Waals surface area contributed by atoms with Crippen molar-refractivity contribution in [2.24, 2.45) is 18.9 Å². The molecule has 0 bridgehead atoms. The van der Waals surface area contributed by atoms with Crippen LogP contribution < -0.4 is 11.2 Å². The van der Waals surface area contributed by atoms with E-state index < -0.39 is 0 Å². The van der Waals surface area contributed by atoms with Crippen LogP contribution in [0.1, 0.15) is 38.4 Å². The Kier molecular flexibility index (Phi) is 3.47. The van der Waals surface area contributed by atoms with Crippen LogP contribution in [0.2, 0.25) is 0 Å².